The summed E-state index contributed by atoms with van der Waals surface area (Å²) in [5.74, 6) is 0.689. The van der Waals surface area contributed by atoms with Crippen molar-refractivity contribution in [1.29, 1.82) is 0 Å². The molecule has 5 heteroatoms. The predicted octanol–water partition coefficient (Wildman–Crippen LogP) is 1.15. The van der Waals surface area contributed by atoms with E-state index in [-0.39, 0.29) is 0 Å². The molecule has 1 saturated heterocycles. The maximum atomic E-state index is 10.1. The average molecular weight is 252 g/mol. The highest BCUT2D eigenvalue weighted by Crippen LogP contribution is 2.21. The Labute approximate surface area is 109 Å². The van der Waals surface area contributed by atoms with Crippen LogP contribution in [0.5, 0.6) is 0 Å². The van der Waals surface area contributed by atoms with E-state index in [0.717, 1.165) is 32.6 Å². The first-order chi connectivity index (χ1) is 8.59. The van der Waals surface area contributed by atoms with Gasteiger partial charge in [-0.3, -0.25) is 4.68 Å². The smallest absolute Gasteiger partial charge is 0.137 e. The predicted molar refractivity (Wildman–Crippen MR) is 70.1 cm³/mol. The fourth-order valence-electron chi connectivity index (χ4n) is 2.51. The minimum Gasteiger partial charge on any atom is -0.389 e. The summed E-state index contributed by atoms with van der Waals surface area (Å²) in [6.07, 6.45) is 6.55. The summed E-state index contributed by atoms with van der Waals surface area (Å²) in [4.78, 5) is 6.35. The number of rotatable bonds is 5. The molecule has 5 nitrogen and oxygen atoms in total. The van der Waals surface area contributed by atoms with Crippen molar-refractivity contribution in [2.45, 2.75) is 45.3 Å². The number of aliphatic hydroxyl groups is 1. The zero-order chi connectivity index (χ0) is 13.0. The molecule has 1 aromatic heterocycles. The van der Waals surface area contributed by atoms with E-state index in [1.54, 1.807) is 12.7 Å². The highest BCUT2D eigenvalue weighted by atomic mass is 16.3. The van der Waals surface area contributed by atoms with E-state index in [2.05, 4.69) is 15.0 Å². The van der Waals surface area contributed by atoms with Crippen molar-refractivity contribution in [3.8, 4) is 0 Å². The molecule has 18 heavy (non-hydrogen) atoms. The SMILES string of the molecule is CCC(C)(O)CN1CCC(Cn2cncn2)CC1. The lowest BCUT2D eigenvalue weighted by Crippen LogP contribution is -2.44. The third-order valence-corrected chi connectivity index (χ3v) is 3.94. The zero-order valence-electron chi connectivity index (χ0n) is 11.4. The Morgan fingerprint density at radius 3 is 2.67 bits per heavy atom. The molecule has 0 radical (unpaired) electrons. The van der Waals surface area contributed by atoms with Gasteiger partial charge in [-0.05, 0) is 45.2 Å². The van der Waals surface area contributed by atoms with Gasteiger partial charge in [0.05, 0.1) is 5.60 Å². The number of piperidine rings is 1. The van der Waals surface area contributed by atoms with Crippen molar-refractivity contribution < 1.29 is 5.11 Å². The highest BCUT2D eigenvalue weighted by molar-refractivity contribution is 4.80. The fraction of sp³-hybridized carbons (Fsp3) is 0.846. The minimum atomic E-state index is -0.543. The van der Waals surface area contributed by atoms with Gasteiger partial charge in [-0.2, -0.15) is 5.10 Å². The molecular weight excluding hydrogens is 228 g/mol. The van der Waals surface area contributed by atoms with E-state index < -0.39 is 5.60 Å². The second-order valence-electron chi connectivity index (χ2n) is 5.69. The van der Waals surface area contributed by atoms with Crippen LogP contribution in [0.15, 0.2) is 12.7 Å². The Kier molecular flexibility index (Phi) is 4.35. The maximum Gasteiger partial charge on any atom is 0.137 e. The number of likely N-dealkylation sites (tertiary alicyclic amines) is 1. The Balaban J connectivity index is 1.74. The van der Waals surface area contributed by atoms with Gasteiger partial charge in [0, 0.05) is 13.1 Å². The molecule has 0 spiro atoms. The van der Waals surface area contributed by atoms with Crippen LogP contribution in [-0.4, -0.2) is 50.0 Å². The standard InChI is InChI=1S/C13H24N4O/c1-3-13(2,18)9-16-6-4-12(5-7-16)8-17-11-14-10-15-17/h10-12,18H,3-9H2,1-2H3. The molecule has 0 aliphatic carbocycles. The van der Waals surface area contributed by atoms with E-state index in [4.69, 9.17) is 0 Å². The first-order valence-electron chi connectivity index (χ1n) is 6.86. The summed E-state index contributed by atoms with van der Waals surface area (Å²) in [5.41, 5.74) is -0.543. The molecular formula is C13H24N4O. The second kappa shape index (κ2) is 5.80. The van der Waals surface area contributed by atoms with Crippen molar-refractivity contribution in [2.24, 2.45) is 5.92 Å². The molecule has 2 heterocycles. The molecule has 1 aliphatic heterocycles. The van der Waals surface area contributed by atoms with Crippen LogP contribution in [0.2, 0.25) is 0 Å². The van der Waals surface area contributed by atoms with Gasteiger partial charge >= 0.3 is 0 Å². The van der Waals surface area contributed by atoms with E-state index in [1.165, 1.54) is 12.8 Å². The van der Waals surface area contributed by atoms with E-state index >= 15 is 0 Å². The van der Waals surface area contributed by atoms with Crippen LogP contribution in [-0.2, 0) is 6.54 Å². The average Bonchev–Trinajstić information content (AvgIpc) is 2.84. The van der Waals surface area contributed by atoms with Gasteiger partial charge in [0.1, 0.15) is 12.7 Å². The summed E-state index contributed by atoms with van der Waals surface area (Å²) in [7, 11) is 0. The van der Waals surface area contributed by atoms with Gasteiger partial charge in [0.2, 0.25) is 0 Å². The lowest BCUT2D eigenvalue weighted by atomic mass is 9.95. The first-order valence-corrected chi connectivity index (χ1v) is 6.86. The lowest BCUT2D eigenvalue weighted by molar-refractivity contribution is 0.00561. The van der Waals surface area contributed by atoms with Crippen molar-refractivity contribution in [3.05, 3.63) is 12.7 Å². The number of β-amino-alcohol motifs (C(OH)–C–C–N with tert-alkyl or cyclic N) is 1. The Hall–Kier alpha value is -0.940. The lowest BCUT2D eigenvalue weighted by Gasteiger charge is -2.36. The van der Waals surface area contributed by atoms with Gasteiger partial charge in [0.25, 0.3) is 0 Å². The number of nitrogens with zero attached hydrogens (tertiary/aromatic N) is 4. The Bertz CT molecular complexity index is 342. The highest BCUT2D eigenvalue weighted by Gasteiger charge is 2.26. The molecule has 1 atom stereocenters. The summed E-state index contributed by atoms with van der Waals surface area (Å²) in [6, 6.07) is 0. The van der Waals surface area contributed by atoms with Crippen molar-refractivity contribution in [1.82, 2.24) is 19.7 Å². The number of aromatic nitrogens is 3. The van der Waals surface area contributed by atoms with Crippen LogP contribution in [0.1, 0.15) is 33.1 Å². The largest absolute Gasteiger partial charge is 0.389 e. The Morgan fingerprint density at radius 2 is 2.11 bits per heavy atom. The van der Waals surface area contributed by atoms with Crippen LogP contribution in [0, 0.1) is 5.92 Å². The van der Waals surface area contributed by atoms with Gasteiger partial charge in [0.15, 0.2) is 0 Å². The molecule has 0 bridgehead atoms. The summed E-state index contributed by atoms with van der Waals surface area (Å²) < 4.78 is 1.92. The minimum absolute atomic E-state index is 0.543. The molecule has 0 aromatic carbocycles. The number of hydrogen-bond donors (Lipinski definition) is 1. The van der Waals surface area contributed by atoms with E-state index in [1.807, 2.05) is 18.5 Å². The monoisotopic (exact) mass is 252 g/mol. The molecule has 1 aliphatic rings. The second-order valence-corrected chi connectivity index (χ2v) is 5.69. The molecule has 1 aromatic rings. The number of hydrogen-bond acceptors (Lipinski definition) is 4. The van der Waals surface area contributed by atoms with Crippen LogP contribution in [0.25, 0.3) is 0 Å². The normalized spacial score (nSPS) is 21.9. The van der Waals surface area contributed by atoms with Crippen LogP contribution in [0.4, 0.5) is 0 Å². The summed E-state index contributed by atoms with van der Waals surface area (Å²) in [5, 5.41) is 14.2. The van der Waals surface area contributed by atoms with Crippen molar-refractivity contribution >= 4 is 0 Å². The van der Waals surface area contributed by atoms with Crippen LogP contribution < -0.4 is 0 Å². The topological polar surface area (TPSA) is 54.2 Å². The molecule has 1 unspecified atom stereocenters. The van der Waals surface area contributed by atoms with E-state index in [0.29, 0.717) is 5.92 Å². The molecule has 1 fully saturated rings. The van der Waals surface area contributed by atoms with Gasteiger partial charge in [-0.25, -0.2) is 4.98 Å². The fourth-order valence-corrected chi connectivity index (χ4v) is 2.51. The van der Waals surface area contributed by atoms with Gasteiger partial charge < -0.3 is 10.0 Å². The molecule has 102 valence electrons. The third kappa shape index (κ3) is 3.78. The maximum absolute atomic E-state index is 10.1. The molecule has 1 N–H and O–H groups in total. The first kappa shape index (κ1) is 13.5. The summed E-state index contributed by atoms with van der Waals surface area (Å²) in [6.45, 7) is 7.88. The quantitative estimate of drug-likeness (QED) is 0.854. The summed E-state index contributed by atoms with van der Waals surface area (Å²) >= 11 is 0. The van der Waals surface area contributed by atoms with Crippen LogP contribution in [0.3, 0.4) is 0 Å². The van der Waals surface area contributed by atoms with Crippen molar-refractivity contribution in [2.75, 3.05) is 19.6 Å². The van der Waals surface area contributed by atoms with Crippen molar-refractivity contribution in [3.63, 3.8) is 0 Å². The third-order valence-electron chi connectivity index (χ3n) is 3.94. The van der Waals surface area contributed by atoms with E-state index in [9.17, 15) is 5.11 Å². The zero-order valence-corrected chi connectivity index (χ0v) is 11.4. The van der Waals surface area contributed by atoms with Crippen LogP contribution >= 0.6 is 0 Å². The molecule has 0 saturated carbocycles. The molecule has 0 amide bonds. The van der Waals surface area contributed by atoms with Gasteiger partial charge in [-0.15, -0.1) is 0 Å². The Morgan fingerprint density at radius 1 is 1.39 bits per heavy atom. The molecule has 2 rings (SSSR count). The van der Waals surface area contributed by atoms with Gasteiger partial charge in [-0.1, -0.05) is 6.92 Å².